The second kappa shape index (κ2) is 10.1. The quantitative estimate of drug-likeness (QED) is 0.383. The van der Waals surface area contributed by atoms with Gasteiger partial charge in [0.15, 0.2) is 0 Å². The van der Waals surface area contributed by atoms with Crippen LogP contribution in [0.1, 0.15) is 32.1 Å². The van der Waals surface area contributed by atoms with Crippen LogP contribution in [0.3, 0.4) is 0 Å². The molecule has 0 rings (SSSR count). The van der Waals surface area contributed by atoms with Crippen LogP contribution in [0.5, 0.6) is 0 Å². The predicted octanol–water partition coefficient (Wildman–Crippen LogP) is 0.954. The van der Waals surface area contributed by atoms with E-state index in [0.717, 1.165) is 12.8 Å². The lowest BCUT2D eigenvalue weighted by Gasteiger charge is -2.15. The number of allylic oxidation sites excluding steroid dienone is 1. The Morgan fingerprint density at radius 2 is 1.89 bits per heavy atom. The van der Waals surface area contributed by atoms with Crippen LogP contribution in [0.2, 0.25) is 0 Å². The summed E-state index contributed by atoms with van der Waals surface area (Å²) in [5, 5.41) is 2.55. The number of unbranched alkanes of at least 4 members (excludes halogenated alkanes) is 1. The Balaban J connectivity index is 4.22. The fourth-order valence-corrected chi connectivity index (χ4v) is 1.44. The molecule has 0 aliphatic carbocycles. The highest BCUT2D eigenvalue weighted by Gasteiger charge is 2.21. The van der Waals surface area contributed by atoms with Crippen molar-refractivity contribution in [2.75, 3.05) is 14.2 Å². The molecule has 0 fully saturated rings. The van der Waals surface area contributed by atoms with E-state index in [1.54, 1.807) is 6.08 Å². The summed E-state index contributed by atoms with van der Waals surface area (Å²) < 4.78 is 9.05. The average molecular weight is 271 g/mol. The smallest absolute Gasteiger partial charge is 0.328 e. The number of carbonyl (C=O) groups is 3. The van der Waals surface area contributed by atoms with Crippen LogP contribution >= 0.6 is 0 Å². The number of nitrogens with one attached hydrogen (secondary N) is 1. The molecule has 0 aromatic carbocycles. The van der Waals surface area contributed by atoms with Crippen molar-refractivity contribution in [2.45, 2.75) is 38.1 Å². The Morgan fingerprint density at radius 3 is 2.42 bits per heavy atom. The van der Waals surface area contributed by atoms with Gasteiger partial charge in [-0.25, -0.2) is 4.79 Å². The molecule has 0 spiro atoms. The van der Waals surface area contributed by atoms with Crippen LogP contribution in [0.15, 0.2) is 12.7 Å². The molecule has 6 heteroatoms. The first-order valence-corrected chi connectivity index (χ1v) is 6.10. The molecule has 0 aliphatic rings. The molecule has 1 atom stereocenters. The average Bonchev–Trinajstić information content (AvgIpc) is 2.42. The second-order valence-electron chi connectivity index (χ2n) is 3.94. The van der Waals surface area contributed by atoms with Crippen molar-refractivity contribution in [1.82, 2.24) is 5.32 Å². The fourth-order valence-electron chi connectivity index (χ4n) is 1.44. The van der Waals surface area contributed by atoms with Crippen LogP contribution in [-0.2, 0) is 23.9 Å². The highest BCUT2D eigenvalue weighted by molar-refractivity contribution is 5.86. The van der Waals surface area contributed by atoms with Crippen LogP contribution < -0.4 is 5.32 Å². The highest BCUT2D eigenvalue weighted by atomic mass is 16.5. The van der Waals surface area contributed by atoms with E-state index in [2.05, 4.69) is 21.4 Å². The normalized spacial score (nSPS) is 11.3. The summed E-state index contributed by atoms with van der Waals surface area (Å²) in [7, 11) is 2.52. The number of carbonyl (C=O) groups excluding carboxylic acids is 3. The number of amides is 1. The molecule has 0 radical (unpaired) electrons. The van der Waals surface area contributed by atoms with E-state index in [4.69, 9.17) is 0 Å². The molecule has 19 heavy (non-hydrogen) atoms. The topological polar surface area (TPSA) is 81.7 Å². The first-order valence-electron chi connectivity index (χ1n) is 6.10. The zero-order valence-corrected chi connectivity index (χ0v) is 11.4. The summed E-state index contributed by atoms with van der Waals surface area (Å²) in [5.41, 5.74) is 0. The van der Waals surface area contributed by atoms with Crippen LogP contribution in [0, 0.1) is 0 Å². The van der Waals surface area contributed by atoms with E-state index >= 15 is 0 Å². The van der Waals surface area contributed by atoms with Gasteiger partial charge in [0.05, 0.1) is 20.6 Å². The van der Waals surface area contributed by atoms with Crippen molar-refractivity contribution < 1.29 is 23.9 Å². The minimum atomic E-state index is -0.685. The van der Waals surface area contributed by atoms with Crippen molar-refractivity contribution in [3.8, 4) is 0 Å². The van der Waals surface area contributed by atoms with E-state index in [0.29, 0.717) is 6.42 Å². The molecule has 0 heterocycles. The Hall–Kier alpha value is -1.85. The molecule has 0 aliphatic heterocycles. The number of ether oxygens (including phenoxy) is 2. The molecule has 1 N–H and O–H groups in total. The van der Waals surface area contributed by atoms with Crippen molar-refractivity contribution >= 4 is 17.8 Å². The third-order valence-electron chi connectivity index (χ3n) is 2.51. The molecule has 1 amide bonds. The van der Waals surface area contributed by atoms with E-state index in [9.17, 15) is 14.4 Å². The fraction of sp³-hybridized carbons (Fsp3) is 0.615. The number of esters is 2. The third kappa shape index (κ3) is 7.96. The molecule has 0 saturated carbocycles. The van der Waals surface area contributed by atoms with Gasteiger partial charge in [-0.05, 0) is 19.3 Å². The summed E-state index contributed by atoms with van der Waals surface area (Å²) in [6.07, 6.45) is 3.67. The summed E-state index contributed by atoms with van der Waals surface area (Å²) >= 11 is 0. The third-order valence-corrected chi connectivity index (χ3v) is 2.51. The zero-order chi connectivity index (χ0) is 14.7. The van der Waals surface area contributed by atoms with Crippen molar-refractivity contribution in [3.63, 3.8) is 0 Å². The van der Waals surface area contributed by atoms with Gasteiger partial charge in [0.1, 0.15) is 6.04 Å². The maximum absolute atomic E-state index is 11.6. The monoisotopic (exact) mass is 271 g/mol. The lowest BCUT2D eigenvalue weighted by molar-refractivity contribution is -0.145. The summed E-state index contributed by atoms with van der Waals surface area (Å²) in [5.74, 6) is -1.33. The van der Waals surface area contributed by atoms with Gasteiger partial charge < -0.3 is 14.8 Å². The maximum Gasteiger partial charge on any atom is 0.328 e. The van der Waals surface area contributed by atoms with Gasteiger partial charge in [0.25, 0.3) is 0 Å². The Bertz CT molecular complexity index is 327. The second-order valence-corrected chi connectivity index (χ2v) is 3.94. The molecule has 0 unspecified atom stereocenters. The van der Waals surface area contributed by atoms with Crippen LogP contribution in [0.25, 0.3) is 0 Å². The van der Waals surface area contributed by atoms with Gasteiger partial charge in [-0.2, -0.15) is 0 Å². The Labute approximate surface area is 113 Å². The largest absolute Gasteiger partial charge is 0.469 e. The molecule has 6 nitrogen and oxygen atoms in total. The SMILES string of the molecule is C=CCCC[C@H](NC(=O)CCC(=O)OC)C(=O)OC. The molecule has 108 valence electrons. The molecule has 0 aromatic rings. The highest BCUT2D eigenvalue weighted by Crippen LogP contribution is 2.04. The molecule has 0 aromatic heterocycles. The van der Waals surface area contributed by atoms with E-state index in [1.807, 2.05) is 0 Å². The Kier molecular flexibility index (Phi) is 9.12. The number of hydrogen-bond donors (Lipinski definition) is 1. The van der Waals surface area contributed by atoms with Crippen molar-refractivity contribution in [3.05, 3.63) is 12.7 Å². The minimum absolute atomic E-state index is 0.0110. The van der Waals surface area contributed by atoms with E-state index in [1.165, 1.54) is 14.2 Å². The first kappa shape index (κ1) is 17.2. The lowest BCUT2D eigenvalue weighted by atomic mass is 10.1. The number of rotatable bonds is 9. The lowest BCUT2D eigenvalue weighted by Crippen LogP contribution is -2.41. The number of hydrogen-bond acceptors (Lipinski definition) is 5. The van der Waals surface area contributed by atoms with Gasteiger partial charge in [-0.1, -0.05) is 6.08 Å². The number of methoxy groups -OCH3 is 2. The standard InChI is InChI=1S/C13H21NO5/c1-4-5-6-7-10(13(17)19-3)14-11(15)8-9-12(16)18-2/h4,10H,1,5-9H2,2-3H3,(H,14,15)/t10-/m0/s1. The zero-order valence-electron chi connectivity index (χ0n) is 11.4. The van der Waals surface area contributed by atoms with Crippen molar-refractivity contribution in [2.24, 2.45) is 0 Å². The molecular weight excluding hydrogens is 250 g/mol. The van der Waals surface area contributed by atoms with Crippen LogP contribution in [-0.4, -0.2) is 38.1 Å². The molecule has 0 saturated heterocycles. The maximum atomic E-state index is 11.6. The summed E-state index contributed by atoms with van der Waals surface area (Å²) in [6.45, 7) is 3.59. The van der Waals surface area contributed by atoms with Gasteiger partial charge in [-0.3, -0.25) is 9.59 Å². The van der Waals surface area contributed by atoms with Gasteiger partial charge in [-0.15, -0.1) is 6.58 Å². The predicted molar refractivity (Wildman–Crippen MR) is 69.2 cm³/mol. The van der Waals surface area contributed by atoms with Gasteiger partial charge in [0, 0.05) is 6.42 Å². The van der Waals surface area contributed by atoms with Crippen molar-refractivity contribution in [1.29, 1.82) is 0 Å². The van der Waals surface area contributed by atoms with Gasteiger partial charge in [0.2, 0.25) is 5.91 Å². The Morgan fingerprint density at radius 1 is 1.21 bits per heavy atom. The minimum Gasteiger partial charge on any atom is -0.469 e. The first-order chi connectivity index (χ1) is 9.04. The van der Waals surface area contributed by atoms with E-state index in [-0.39, 0.29) is 18.7 Å². The molecular formula is C13H21NO5. The summed E-state index contributed by atoms with van der Waals surface area (Å²) in [4.78, 5) is 34.0. The van der Waals surface area contributed by atoms with E-state index < -0.39 is 18.0 Å². The molecule has 0 bridgehead atoms. The summed E-state index contributed by atoms with van der Waals surface area (Å²) in [6, 6.07) is -0.685. The van der Waals surface area contributed by atoms with Gasteiger partial charge >= 0.3 is 11.9 Å². The van der Waals surface area contributed by atoms with Crippen LogP contribution in [0.4, 0.5) is 0 Å².